The van der Waals surface area contributed by atoms with Crippen molar-refractivity contribution in [2.75, 3.05) is 27.1 Å². The van der Waals surface area contributed by atoms with Crippen LogP contribution in [0.1, 0.15) is 58.3 Å². The Labute approximate surface area is 168 Å². The van der Waals surface area contributed by atoms with E-state index in [0.717, 1.165) is 32.1 Å². The maximum Gasteiger partial charge on any atom is 0.172 e. The lowest BCUT2D eigenvalue weighted by molar-refractivity contribution is -0.168. The molecule has 1 spiro atoms. The summed E-state index contributed by atoms with van der Waals surface area (Å²) in [6.45, 7) is 4.18. The zero-order chi connectivity index (χ0) is 19.4. The van der Waals surface area contributed by atoms with Gasteiger partial charge in [0.25, 0.3) is 0 Å². The molecule has 1 aliphatic heterocycles. The fourth-order valence-electron chi connectivity index (χ4n) is 7.56. The highest BCUT2D eigenvalue weighted by Gasteiger charge is 2.58. The zero-order valence-electron chi connectivity index (χ0n) is 17.3. The molecule has 156 valence electrons. The normalized spacial score (nSPS) is 44.3. The summed E-state index contributed by atoms with van der Waals surface area (Å²) < 4.78 is 23.3. The summed E-state index contributed by atoms with van der Waals surface area (Å²) in [7, 11) is 1.69. The number of rotatable bonds is 4. The van der Waals surface area contributed by atoms with Gasteiger partial charge in [-0.3, -0.25) is 0 Å². The number of aldehydes is 1. The smallest absolute Gasteiger partial charge is 0.172 e. The van der Waals surface area contributed by atoms with Crippen molar-refractivity contribution in [1.29, 1.82) is 0 Å². The van der Waals surface area contributed by atoms with E-state index in [1.54, 1.807) is 12.7 Å². The zero-order valence-corrected chi connectivity index (χ0v) is 17.3. The number of carbonyl (C=O) groups excluding carboxylic acids is 1. The predicted octanol–water partition coefficient (Wildman–Crippen LogP) is 3.86. The lowest BCUT2D eigenvalue weighted by Gasteiger charge is -2.54. The summed E-state index contributed by atoms with van der Waals surface area (Å²) in [6, 6.07) is 0. The third kappa shape index (κ3) is 2.84. The third-order valence-electron chi connectivity index (χ3n) is 8.76. The summed E-state index contributed by atoms with van der Waals surface area (Å²) in [5, 5.41) is 0. The minimum atomic E-state index is -0.394. The molecule has 0 unspecified atom stereocenters. The van der Waals surface area contributed by atoms with E-state index in [0.29, 0.717) is 37.8 Å². The molecule has 5 nitrogen and oxygen atoms in total. The van der Waals surface area contributed by atoms with Crippen LogP contribution < -0.4 is 0 Å². The van der Waals surface area contributed by atoms with Gasteiger partial charge >= 0.3 is 0 Å². The Balaban J connectivity index is 1.42. The van der Waals surface area contributed by atoms with E-state index in [9.17, 15) is 4.79 Å². The van der Waals surface area contributed by atoms with Crippen LogP contribution in [-0.4, -0.2) is 45.3 Å². The van der Waals surface area contributed by atoms with Gasteiger partial charge in [0.2, 0.25) is 0 Å². The van der Waals surface area contributed by atoms with Crippen LogP contribution in [0.2, 0.25) is 0 Å². The largest absolute Gasteiger partial charge is 0.359 e. The van der Waals surface area contributed by atoms with Crippen molar-refractivity contribution in [3.05, 3.63) is 11.1 Å². The molecule has 2 saturated carbocycles. The Kier molecular flexibility index (Phi) is 4.94. The van der Waals surface area contributed by atoms with Crippen LogP contribution in [0.3, 0.4) is 0 Å². The summed E-state index contributed by atoms with van der Waals surface area (Å²) >= 11 is 0. The lowest BCUT2D eigenvalue weighted by atomic mass is 9.51. The number of carbonyl (C=O) groups is 1. The van der Waals surface area contributed by atoms with Gasteiger partial charge in [0.05, 0.1) is 19.3 Å². The number of fused-ring (bicyclic) bond motifs is 4. The number of methoxy groups -OCH3 is 1. The van der Waals surface area contributed by atoms with Gasteiger partial charge < -0.3 is 23.7 Å². The third-order valence-corrected chi connectivity index (χ3v) is 8.76. The molecule has 0 radical (unpaired) electrons. The average Bonchev–Trinajstić information content (AvgIpc) is 3.29. The highest BCUT2D eigenvalue weighted by atomic mass is 16.7. The first kappa shape index (κ1) is 19.2. The van der Waals surface area contributed by atoms with Crippen molar-refractivity contribution < 1.29 is 23.7 Å². The minimum absolute atomic E-state index is 0.131. The Morgan fingerprint density at radius 3 is 2.75 bits per heavy atom. The van der Waals surface area contributed by atoms with Crippen molar-refractivity contribution in [2.45, 2.75) is 70.2 Å². The molecule has 0 bridgehead atoms. The molecule has 0 aromatic carbocycles. The molecule has 0 amide bonds. The SMILES string of the molecule is COCO[C@H]1CC[C@H]2[C@@H]3[C@H](C=O)CC4=C(CCC5(C4)OCCO5)[C@H]3CC[C@]12C. The minimum Gasteiger partial charge on any atom is -0.359 e. The second-order valence-electron chi connectivity index (χ2n) is 9.89. The molecule has 3 fully saturated rings. The first-order valence-corrected chi connectivity index (χ1v) is 11.1. The van der Waals surface area contributed by atoms with Crippen LogP contribution >= 0.6 is 0 Å². The maximum absolute atomic E-state index is 12.2. The Bertz CT molecular complexity index is 651. The first-order valence-electron chi connectivity index (χ1n) is 11.1. The first-order chi connectivity index (χ1) is 13.6. The average molecular weight is 391 g/mol. The highest BCUT2D eigenvalue weighted by molar-refractivity contribution is 5.57. The molecule has 28 heavy (non-hydrogen) atoms. The van der Waals surface area contributed by atoms with Crippen molar-refractivity contribution >= 4 is 6.29 Å². The molecule has 0 aromatic heterocycles. The standard InChI is InChI=1S/C23H34O5/c1-22-7-5-18-17-6-8-23(27-9-10-28-23)12-15(17)11-16(13-24)21(18)19(22)3-4-20(22)26-14-25-2/h13,16,18-21H,3-12,14H2,1-2H3/t16-,18+,19-,20-,21+,22-/m0/s1. The van der Waals surface area contributed by atoms with Gasteiger partial charge in [-0.05, 0) is 61.7 Å². The van der Waals surface area contributed by atoms with Gasteiger partial charge in [-0.1, -0.05) is 18.1 Å². The second kappa shape index (κ2) is 7.19. The number of hydrogen-bond acceptors (Lipinski definition) is 5. The summed E-state index contributed by atoms with van der Waals surface area (Å²) in [5.41, 5.74) is 3.29. The molecule has 0 N–H and O–H groups in total. The van der Waals surface area contributed by atoms with Crippen LogP contribution in [0, 0.1) is 29.1 Å². The molecule has 4 aliphatic carbocycles. The molecule has 5 aliphatic rings. The number of hydrogen-bond donors (Lipinski definition) is 0. The number of ether oxygens (including phenoxy) is 4. The lowest BCUT2D eigenvalue weighted by Crippen LogP contribution is -2.50. The van der Waals surface area contributed by atoms with E-state index in [-0.39, 0.29) is 17.4 Å². The van der Waals surface area contributed by atoms with Crippen molar-refractivity contribution in [3.8, 4) is 0 Å². The van der Waals surface area contributed by atoms with Crippen LogP contribution in [0.4, 0.5) is 0 Å². The van der Waals surface area contributed by atoms with E-state index in [2.05, 4.69) is 6.92 Å². The highest BCUT2D eigenvalue weighted by Crippen LogP contribution is 2.63. The predicted molar refractivity (Wildman–Crippen MR) is 103 cm³/mol. The molecule has 1 heterocycles. The van der Waals surface area contributed by atoms with Crippen molar-refractivity contribution in [2.24, 2.45) is 29.1 Å². The molecule has 5 rings (SSSR count). The van der Waals surface area contributed by atoms with Crippen molar-refractivity contribution in [3.63, 3.8) is 0 Å². The molecule has 1 saturated heterocycles. The second-order valence-corrected chi connectivity index (χ2v) is 9.89. The molecule has 5 heteroatoms. The van der Waals surface area contributed by atoms with Crippen molar-refractivity contribution in [1.82, 2.24) is 0 Å². The van der Waals surface area contributed by atoms with Gasteiger partial charge in [-0.2, -0.15) is 0 Å². The fourth-order valence-corrected chi connectivity index (χ4v) is 7.56. The van der Waals surface area contributed by atoms with E-state index in [1.807, 2.05) is 0 Å². The van der Waals surface area contributed by atoms with Crippen LogP contribution in [0.25, 0.3) is 0 Å². The number of allylic oxidation sites excluding steroid dienone is 1. The van der Waals surface area contributed by atoms with Crippen LogP contribution in [-0.2, 0) is 23.7 Å². The monoisotopic (exact) mass is 390 g/mol. The molecule has 6 atom stereocenters. The summed E-state index contributed by atoms with van der Waals surface area (Å²) in [5.74, 6) is 1.36. The van der Waals surface area contributed by atoms with E-state index >= 15 is 0 Å². The van der Waals surface area contributed by atoms with Crippen LogP contribution in [0.15, 0.2) is 11.1 Å². The van der Waals surface area contributed by atoms with Gasteiger partial charge in [-0.25, -0.2) is 0 Å². The van der Waals surface area contributed by atoms with Crippen LogP contribution in [0.5, 0.6) is 0 Å². The van der Waals surface area contributed by atoms with Gasteiger partial charge in [0.1, 0.15) is 13.1 Å². The summed E-state index contributed by atoms with van der Waals surface area (Å²) in [6.07, 6.45) is 9.99. The van der Waals surface area contributed by atoms with Gasteiger partial charge in [0.15, 0.2) is 5.79 Å². The fraction of sp³-hybridized carbons (Fsp3) is 0.870. The quantitative estimate of drug-likeness (QED) is 0.414. The molecule has 0 aromatic rings. The Morgan fingerprint density at radius 1 is 1.18 bits per heavy atom. The summed E-state index contributed by atoms with van der Waals surface area (Å²) in [4.78, 5) is 12.2. The topological polar surface area (TPSA) is 54.0 Å². The molecular formula is C23H34O5. The maximum atomic E-state index is 12.2. The van der Waals surface area contributed by atoms with Gasteiger partial charge in [-0.15, -0.1) is 0 Å². The molecular weight excluding hydrogens is 356 g/mol. The Morgan fingerprint density at radius 2 is 2.00 bits per heavy atom. The van der Waals surface area contributed by atoms with E-state index in [1.165, 1.54) is 31.1 Å². The Hall–Kier alpha value is -0.750. The van der Waals surface area contributed by atoms with E-state index < -0.39 is 5.79 Å². The van der Waals surface area contributed by atoms with E-state index in [4.69, 9.17) is 18.9 Å². The van der Waals surface area contributed by atoms with Gasteiger partial charge in [0, 0.05) is 25.9 Å².